The topological polar surface area (TPSA) is 93.3 Å². The molecule has 0 bridgehead atoms. The van der Waals surface area contributed by atoms with Crippen LogP contribution in [0.1, 0.15) is 37.6 Å². The predicted octanol–water partition coefficient (Wildman–Crippen LogP) is 2.19. The summed E-state index contributed by atoms with van der Waals surface area (Å²) in [6.45, 7) is 5.49. The fraction of sp³-hybridized carbons (Fsp3) is 0.529. The third-order valence-electron chi connectivity index (χ3n) is 3.46. The Bertz CT molecular complexity index is 564. The van der Waals surface area contributed by atoms with Gasteiger partial charge in [-0.05, 0) is 30.0 Å². The normalized spacial score (nSPS) is 13.9. The Morgan fingerprint density at radius 3 is 2.70 bits per heavy atom. The van der Waals surface area contributed by atoms with Gasteiger partial charge in [-0.2, -0.15) is 5.26 Å². The Morgan fingerprint density at radius 2 is 2.13 bits per heavy atom. The lowest BCUT2D eigenvalue weighted by atomic mass is 9.85. The molecule has 0 aliphatic carbocycles. The Morgan fingerprint density at radius 1 is 1.43 bits per heavy atom. The highest BCUT2D eigenvalue weighted by Gasteiger charge is 2.26. The summed E-state index contributed by atoms with van der Waals surface area (Å²) in [6.07, 6.45) is -0.341. The van der Waals surface area contributed by atoms with Gasteiger partial charge in [-0.3, -0.25) is 4.79 Å². The highest BCUT2D eigenvalue weighted by Crippen LogP contribution is 2.23. The first-order valence-electron chi connectivity index (χ1n) is 7.47. The van der Waals surface area contributed by atoms with Crippen LogP contribution in [-0.2, 0) is 0 Å². The first-order chi connectivity index (χ1) is 10.8. The Kier molecular flexibility index (Phi) is 7.56. The molecule has 0 unspecified atom stereocenters. The fourth-order valence-corrected chi connectivity index (χ4v) is 2.53. The molecule has 0 aliphatic heterocycles. The first kappa shape index (κ1) is 19.5. The summed E-state index contributed by atoms with van der Waals surface area (Å²) in [4.78, 5) is 13.1. The van der Waals surface area contributed by atoms with Crippen LogP contribution < -0.4 is 5.32 Å². The van der Waals surface area contributed by atoms with Crippen molar-refractivity contribution in [3.8, 4) is 6.07 Å². The smallest absolute Gasteiger partial charge is 0.251 e. The molecule has 1 aromatic rings. The van der Waals surface area contributed by atoms with Gasteiger partial charge >= 0.3 is 0 Å². The summed E-state index contributed by atoms with van der Waals surface area (Å²) in [6, 6.07) is 8.53. The van der Waals surface area contributed by atoms with Gasteiger partial charge in [0.15, 0.2) is 0 Å². The van der Waals surface area contributed by atoms with Gasteiger partial charge in [-0.25, -0.2) is 0 Å². The average Bonchev–Trinajstić information content (AvgIpc) is 2.51. The number of nitrogens with one attached hydrogen (secondary N) is 1. The van der Waals surface area contributed by atoms with E-state index in [9.17, 15) is 15.0 Å². The van der Waals surface area contributed by atoms with Crippen LogP contribution >= 0.6 is 11.8 Å². The largest absolute Gasteiger partial charge is 0.394 e. The third kappa shape index (κ3) is 6.61. The van der Waals surface area contributed by atoms with Gasteiger partial charge in [0.05, 0.1) is 30.6 Å². The maximum atomic E-state index is 12.3. The van der Waals surface area contributed by atoms with Gasteiger partial charge in [-0.1, -0.05) is 26.8 Å². The lowest BCUT2D eigenvalue weighted by molar-refractivity contribution is 0.0383. The lowest BCUT2D eigenvalue weighted by Crippen LogP contribution is -2.42. The van der Waals surface area contributed by atoms with Crippen molar-refractivity contribution in [2.45, 2.75) is 44.2 Å². The quantitative estimate of drug-likeness (QED) is 0.664. The maximum absolute atomic E-state index is 12.3. The minimum Gasteiger partial charge on any atom is -0.394 e. The Hall–Kier alpha value is -1.55. The van der Waals surface area contributed by atoms with E-state index in [4.69, 9.17) is 5.26 Å². The van der Waals surface area contributed by atoms with E-state index in [-0.39, 0.29) is 24.3 Å². The van der Waals surface area contributed by atoms with Crippen molar-refractivity contribution in [1.29, 1.82) is 5.26 Å². The second kappa shape index (κ2) is 8.92. The number of aliphatic hydroxyl groups is 2. The first-order valence-corrected chi connectivity index (χ1v) is 8.46. The van der Waals surface area contributed by atoms with Gasteiger partial charge in [-0.15, -0.1) is 11.8 Å². The van der Waals surface area contributed by atoms with Crippen molar-refractivity contribution in [2.75, 3.05) is 12.4 Å². The summed E-state index contributed by atoms with van der Waals surface area (Å²) >= 11 is 1.36. The molecular weight excluding hydrogens is 312 g/mol. The molecule has 0 heterocycles. The molecule has 1 aromatic carbocycles. The van der Waals surface area contributed by atoms with Crippen LogP contribution in [0.2, 0.25) is 0 Å². The van der Waals surface area contributed by atoms with Crippen molar-refractivity contribution >= 4 is 17.7 Å². The molecule has 0 spiro atoms. The molecule has 126 valence electrons. The molecule has 3 N–H and O–H groups in total. The number of amides is 1. The minimum absolute atomic E-state index is 0.234. The molecule has 0 saturated carbocycles. The van der Waals surface area contributed by atoms with Crippen LogP contribution in [0, 0.1) is 16.7 Å². The number of carbonyl (C=O) groups excluding carboxylic acids is 1. The molecule has 1 rings (SSSR count). The number of thioether (sulfide) groups is 1. The fourth-order valence-electron chi connectivity index (χ4n) is 1.91. The maximum Gasteiger partial charge on any atom is 0.251 e. The van der Waals surface area contributed by atoms with Crippen molar-refractivity contribution in [3.05, 3.63) is 29.8 Å². The Labute approximate surface area is 141 Å². The molecule has 6 heteroatoms. The highest BCUT2D eigenvalue weighted by molar-refractivity contribution is 7.99. The molecular formula is C17H24N2O3S. The molecule has 0 radical (unpaired) electrons. The van der Waals surface area contributed by atoms with Crippen molar-refractivity contribution < 1.29 is 15.0 Å². The average molecular weight is 336 g/mol. The van der Waals surface area contributed by atoms with Gasteiger partial charge in [0, 0.05) is 10.5 Å². The monoisotopic (exact) mass is 336 g/mol. The van der Waals surface area contributed by atoms with Crippen molar-refractivity contribution in [2.24, 2.45) is 5.41 Å². The number of nitrogens with zero attached hydrogens (tertiary/aromatic N) is 1. The SMILES string of the molecule is CC(C)(C)[C@H](O)C[C@@H](CO)NC(=O)c1cccc(SCC#N)c1. The van der Waals surface area contributed by atoms with E-state index in [2.05, 4.69) is 5.32 Å². The van der Waals surface area contributed by atoms with Gasteiger partial charge in [0.25, 0.3) is 5.91 Å². The third-order valence-corrected chi connectivity index (χ3v) is 4.32. The molecule has 0 aliphatic rings. The van der Waals surface area contributed by atoms with Gasteiger partial charge in [0.2, 0.25) is 0 Å². The molecule has 2 atom stereocenters. The number of aliphatic hydroxyl groups excluding tert-OH is 2. The predicted molar refractivity (Wildman–Crippen MR) is 91.2 cm³/mol. The number of carbonyl (C=O) groups is 1. The van der Waals surface area contributed by atoms with Crippen LogP contribution in [-0.4, -0.2) is 40.6 Å². The second-order valence-electron chi connectivity index (χ2n) is 6.45. The molecule has 0 fully saturated rings. The van der Waals surface area contributed by atoms with E-state index < -0.39 is 12.1 Å². The molecule has 0 saturated heterocycles. The summed E-state index contributed by atoms with van der Waals surface area (Å²) in [5.74, 6) is 0.0202. The van der Waals surface area contributed by atoms with Crippen LogP contribution in [0.15, 0.2) is 29.2 Å². The van der Waals surface area contributed by atoms with E-state index in [1.807, 2.05) is 32.9 Å². The molecule has 23 heavy (non-hydrogen) atoms. The molecule has 0 aromatic heterocycles. The van der Waals surface area contributed by atoms with Crippen molar-refractivity contribution in [1.82, 2.24) is 5.32 Å². The van der Waals surface area contributed by atoms with Crippen LogP contribution in [0.3, 0.4) is 0 Å². The summed E-state index contributed by atoms with van der Waals surface area (Å²) < 4.78 is 0. The van der Waals surface area contributed by atoms with Crippen molar-refractivity contribution in [3.63, 3.8) is 0 Å². The molecule has 1 amide bonds. The highest BCUT2D eigenvalue weighted by atomic mass is 32.2. The zero-order valence-electron chi connectivity index (χ0n) is 13.7. The van der Waals surface area contributed by atoms with E-state index in [0.717, 1.165) is 4.90 Å². The number of hydrogen-bond donors (Lipinski definition) is 3. The number of benzene rings is 1. The van der Waals surface area contributed by atoms with Crippen LogP contribution in [0.5, 0.6) is 0 Å². The van der Waals surface area contributed by atoms with E-state index in [0.29, 0.717) is 11.3 Å². The summed E-state index contributed by atoms with van der Waals surface area (Å²) in [5, 5.41) is 30.9. The van der Waals surface area contributed by atoms with Crippen LogP contribution in [0.25, 0.3) is 0 Å². The summed E-state index contributed by atoms with van der Waals surface area (Å²) in [5.41, 5.74) is 0.156. The standard InChI is InChI=1S/C17H24N2O3S/c1-17(2,3)15(21)10-13(11-20)19-16(22)12-5-4-6-14(9-12)23-8-7-18/h4-6,9,13,15,20-21H,8,10-11H2,1-3H3,(H,19,22)/t13-,15+/m0/s1. The van der Waals surface area contributed by atoms with E-state index in [1.54, 1.807) is 18.2 Å². The van der Waals surface area contributed by atoms with Gasteiger partial charge < -0.3 is 15.5 Å². The van der Waals surface area contributed by atoms with E-state index in [1.165, 1.54) is 11.8 Å². The summed E-state index contributed by atoms with van der Waals surface area (Å²) in [7, 11) is 0. The second-order valence-corrected chi connectivity index (χ2v) is 7.49. The zero-order chi connectivity index (χ0) is 17.5. The number of rotatable bonds is 7. The van der Waals surface area contributed by atoms with E-state index >= 15 is 0 Å². The number of nitriles is 1. The van der Waals surface area contributed by atoms with Gasteiger partial charge in [0.1, 0.15) is 0 Å². The molecule has 5 nitrogen and oxygen atoms in total. The zero-order valence-corrected chi connectivity index (χ0v) is 14.6. The van der Waals surface area contributed by atoms with Crippen LogP contribution in [0.4, 0.5) is 0 Å². The number of hydrogen-bond acceptors (Lipinski definition) is 5. The minimum atomic E-state index is -0.627. The lowest BCUT2D eigenvalue weighted by Gasteiger charge is -2.29. The Balaban J connectivity index is 2.71.